The lowest BCUT2D eigenvalue weighted by atomic mass is 10.1. The number of benzene rings is 2. The first-order valence-electron chi connectivity index (χ1n) is 7.85. The van der Waals surface area contributed by atoms with Gasteiger partial charge >= 0.3 is 0 Å². The molecule has 0 saturated heterocycles. The van der Waals surface area contributed by atoms with Crippen LogP contribution in [0.3, 0.4) is 0 Å². The summed E-state index contributed by atoms with van der Waals surface area (Å²) in [7, 11) is -3.72. The minimum Gasteiger partial charge on any atom is -0.322 e. The van der Waals surface area contributed by atoms with Crippen molar-refractivity contribution in [2.75, 3.05) is 10.0 Å². The monoisotopic (exact) mass is 367 g/mol. The summed E-state index contributed by atoms with van der Waals surface area (Å²) in [6.45, 7) is 1.86. The first kappa shape index (κ1) is 17.6. The molecule has 2 N–H and O–H groups in total. The van der Waals surface area contributed by atoms with Crippen LogP contribution >= 0.6 is 0 Å². The molecule has 1 aromatic heterocycles. The van der Waals surface area contributed by atoms with Crippen molar-refractivity contribution in [2.24, 2.45) is 0 Å². The molecule has 1 heterocycles. The maximum atomic E-state index is 12.4. The zero-order valence-electron chi connectivity index (χ0n) is 14.0. The second kappa shape index (κ2) is 7.37. The van der Waals surface area contributed by atoms with Crippen molar-refractivity contribution in [3.8, 4) is 0 Å². The highest BCUT2D eigenvalue weighted by Crippen LogP contribution is 2.18. The molecular weight excluding hydrogens is 350 g/mol. The average Bonchev–Trinajstić information content (AvgIpc) is 2.63. The second-order valence-corrected chi connectivity index (χ2v) is 7.32. The third kappa shape index (κ3) is 4.07. The normalized spacial score (nSPS) is 11.0. The molecule has 0 bridgehead atoms. The molecule has 0 aliphatic carbocycles. The number of carbonyl (C=O) groups excluding carboxylic acids is 1. The van der Waals surface area contributed by atoms with E-state index >= 15 is 0 Å². The fraction of sp³-hybridized carbons (Fsp3) is 0.0526. The number of hydrogen-bond acceptors (Lipinski definition) is 4. The van der Waals surface area contributed by atoms with E-state index in [0.717, 1.165) is 5.56 Å². The lowest BCUT2D eigenvalue weighted by Crippen LogP contribution is -2.14. The number of rotatable bonds is 5. The van der Waals surface area contributed by atoms with Gasteiger partial charge in [-0.1, -0.05) is 18.2 Å². The van der Waals surface area contributed by atoms with Crippen LogP contribution in [0.15, 0.2) is 78.0 Å². The first-order chi connectivity index (χ1) is 12.5. The van der Waals surface area contributed by atoms with Crippen LogP contribution in [-0.4, -0.2) is 19.3 Å². The van der Waals surface area contributed by atoms with Gasteiger partial charge < -0.3 is 5.32 Å². The Labute approximate surface area is 152 Å². The van der Waals surface area contributed by atoms with E-state index in [4.69, 9.17) is 0 Å². The molecule has 6 nitrogen and oxygen atoms in total. The van der Waals surface area contributed by atoms with Crippen LogP contribution < -0.4 is 10.0 Å². The Bertz CT molecular complexity index is 1020. The summed E-state index contributed by atoms with van der Waals surface area (Å²) in [5, 5.41) is 2.76. The number of carbonyl (C=O) groups is 1. The van der Waals surface area contributed by atoms with Gasteiger partial charge in [0.25, 0.3) is 15.9 Å². The maximum absolute atomic E-state index is 12.4. The predicted molar refractivity (Wildman–Crippen MR) is 101 cm³/mol. The standard InChI is InChI=1S/C19H17N3O3S/c1-14-5-2-3-7-18(14)19(23)21-15-8-10-17(11-9-15)26(24,25)22-16-6-4-12-20-13-16/h2-13,22H,1H3,(H,21,23). The Balaban J connectivity index is 1.74. The fourth-order valence-corrected chi connectivity index (χ4v) is 3.42. The second-order valence-electron chi connectivity index (χ2n) is 5.64. The Morgan fingerprint density at radius 3 is 2.31 bits per heavy atom. The molecule has 2 aromatic carbocycles. The molecular formula is C19H17N3O3S. The summed E-state index contributed by atoms with van der Waals surface area (Å²) in [6.07, 6.45) is 2.98. The van der Waals surface area contributed by atoms with Gasteiger partial charge in [-0.15, -0.1) is 0 Å². The number of nitrogens with zero attached hydrogens (tertiary/aromatic N) is 1. The average molecular weight is 367 g/mol. The summed E-state index contributed by atoms with van der Waals surface area (Å²) in [6, 6.07) is 16.5. The van der Waals surface area contributed by atoms with Gasteiger partial charge in [0, 0.05) is 17.4 Å². The van der Waals surface area contributed by atoms with Crippen molar-refractivity contribution in [2.45, 2.75) is 11.8 Å². The van der Waals surface area contributed by atoms with Gasteiger partial charge in [0.15, 0.2) is 0 Å². The zero-order valence-corrected chi connectivity index (χ0v) is 14.8. The third-order valence-corrected chi connectivity index (χ3v) is 5.12. The van der Waals surface area contributed by atoms with Crippen molar-refractivity contribution in [3.63, 3.8) is 0 Å². The Morgan fingerprint density at radius 1 is 0.923 bits per heavy atom. The van der Waals surface area contributed by atoms with Crippen LogP contribution in [0.1, 0.15) is 15.9 Å². The number of aromatic nitrogens is 1. The van der Waals surface area contributed by atoms with Crippen LogP contribution in [0.4, 0.5) is 11.4 Å². The van der Waals surface area contributed by atoms with Gasteiger partial charge in [0.05, 0.1) is 16.8 Å². The Hall–Kier alpha value is -3.19. The molecule has 0 saturated carbocycles. The van der Waals surface area contributed by atoms with E-state index in [-0.39, 0.29) is 10.8 Å². The van der Waals surface area contributed by atoms with Gasteiger partial charge in [-0.3, -0.25) is 14.5 Å². The summed E-state index contributed by atoms with van der Waals surface area (Å²) in [5.41, 5.74) is 2.33. The molecule has 0 fully saturated rings. The third-order valence-electron chi connectivity index (χ3n) is 3.73. The van der Waals surface area contributed by atoms with Crippen molar-refractivity contribution >= 4 is 27.3 Å². The van der Waals surface area contributed by atoms with Crippen LogP contribution in [0.2, 0.25) is 0 Å². The molecule has 132 valence electrons. The number of hydrogen-bond donors (Lipinski definition) is 2. The number of anilines is 2. The fourth-order valence-electron chi connectivity index (χ4n) is 2.38. The minimum atomic E-state index is -3.72. The van der Waals surface area contributed by atoms with E-state index in [2.05, 4.69) is 15.0 Å². The van der Waals surface area contributed by atoms with Crippen molar-refractivity contribution < 1.29 is 13.2 Å². The van der Waals surface area contributed by atoms with Gasteiger partial charge in [0.1, 0.15) is 0 Å². The summed E-state index contributed by atoms with van der Waals surface area (Å²) >= 11 is 0. The maximum Gasteiger partial charge on any atom is 0.261 e. The lowest BCUT2D eigenvalue weighted by molar-refractivity contribution is 0.102. The molecule has 0 aliphatic rings. The van der Waals surface area contributed by atoms with Crippen molar-refractivity contribution in [1.29, 1.82) is 0 Å². The smallest absolute Gasteiger partial charge is 0.261 e. The summed E-state index contributed by atoms with van der Waals surface area (Å²) < 4.78 is 27.2. The molecule has 0 spiro atoms. The van der Waals surface area contributed by atoms with Gasteiger partial charge in [-0.25, -0.2) is 8.42 Å². The molecule has 0 aliphatic heterocycles. The molecule has 0 radical (unpaired) electrons. The highest BCUT2D eigenvalue weighted by molar-refractivity contribution is 7.92. The van der Waals surface area contributed by atoms with E-state index in [1.54, 1.807) is 42.6 Å². The van der Waals surface area contributed by atoms with E-state index < -0.39 is 10.0 Å². The van der Waals surface area contributed by atoms with Crippen LogP contribution in [0.25, 0.3) is 0 Å². The van der Waals surface area contributed by atoms with Gasteiger partial charge in [-0.05, 0) is 55.0 Å². The Kier molecular flexibility index (Phi) is 4.99. The van der Waals surface area contributed by atoms with E-state index in [1.165, 1.54) is 18.3 Å². The zero-order chi connectivity index (χ0) is 18.6. The lowest BCUT2D eigenvalue weighted by Gasteiger charge is -2.10. The topological polar surface area (TPSA) is 88.2 Å². The molecule has 7 heteroatoms. The largest absolute Gasteiger partial charge is 0.322 e. The number of pyridine rings is 1. The first-order valence-corrected chi connectivity index (χ1v) is 9.34. The number of aryl methyl sites for hydroxylation is 1. The van der Waals surface area contributed by atoms with E-state index in [9.17, 15) is 13.2 Å². The number of sulfonamides is 1. The van der Waals surface area contributed by atoms with Crippen molar-refractivity contribution in [3.05, 3.63) is 84.2 Å². The SMILES string of the molecule is Cc1ccccc1C(=O)Nc1ccc(S(=O)(=O)Nc2cccnc2)cc1. The molecule has 3 aromatic rings. The van der Waals surface area contributed by atoms with Crippen molar-refractivity contribution in [1.82, 2.24) is 4.98 Å². The van der Waals surface area contributed by atoms with Crippen LogP contribution in [-0.2, 0) is 10.0 Å². The van der Waals surface area contributed by atoms with E-state index in [0.29, 0.717) is 16.9 Å². The number of amides is 1. The molecule has 0 atom stereocenters. The predicted octanol–water partition coefficient (Wildman–Crippen LogP) is 3.44. The van der Waals surface area contributed by atoms with Crippen LogP contribution in [0.5, 0.6) is 0 Å². The summed E-state index contributed by atoms with van der Waals surface area (Å²) in [4.78, 5) is 16.3. The highest BCUT2D eigenvalue weighted by Gasteiger charge is 2.15. The van der Waals surface area contributed by atoms with Gasteiger partial charge in [-0.2, -0.15) is 0 Å². The molecule has 26 heavy (non-hydrogen) atoms. The van der Waals surface area contributed by atoms with Gasteiger partial charge in [0.2, 0.25) is 0 Å². The molecule has 3 rings (SSSR count). The highest BCUT2D eigenvalue weighted by atomic mass is 32.2. The summed E-state index contributed by atoms with van der Waals surface area (Å²) in [5.74, 6) is -0.243. The minimum absolute atomic E-state index is 0.0928. The molecule has 1 amide bonds. The number of nitrogens with one attached hydrogen (secondary N) is 2. The quantitative estimate of drug-likeness (QED) is 0.723. The van der Waals surface area contributed by atoms with Crippen LogP contribution in [0, 0.1) is 6.92 Å². The van der Waals surface area contributed by atoms with E-state index in [1.807, 2.05) is 19.1 Å². The molecule has 0 unspecified atom stereocenters. The Morgan fingerprint density at radius 2 is 1.65 bits per heavy atom.